The Morgan fingerprint density at radius 1 is 1.58 bits per heavy atom. The van der Waals surface area contributed by atoms with E-state index in [9.17, 15) is 14.9 Å². The first-order valence-electron chi connectivity index (χ1n) is 5.90. The van der Waals surface area contributed by atoms with E-state index in [1.54, 1.807) is 6.07 Å². The number of aromatic nitrogens is 1. The third-order valence-electron chi connectivity index (χ3n) is 3.42. The number of anilines is 1. The van der Waals surface area contributed by atoms with Gasteiger partial charge in [0.2, 0.25) is 0 Å². The van der Waals surface area contributed by atoms with E-state index in [1.165, 1.54) is 19.4 Å². The van der Waals surface area contributed by atoms with Crippen LogP contribution in [0.2, 0.25) is 0 Å². The molecule has 0 radical (unpaired) electrons. The summed E-state index contributed by atoms with van der Waals surface area (Å²) in [6, 6.07) is 3.01. The predicted octanol–water partition coefficient (Wildman–Crippen LogP) is 1.38. The van der Waals surface area contributed by atoms with Crippen molar-refractivity contribution in [1.82, 2.24) is 4.98 Å². The predicted molar refractivity (Wildman–Crippen MR) is 67.8 cm³/mol. The van der Waals surface area contributed by atoms with Crippen LogP contribution in [-0.2, 0) is 9.53 Å². The molecule has 1 aromatic rings. The first kappa shape index (κ1) is 13.3. The Bertz CT molecular complexity index is 502. The number of hydrogen-bond acceptors (Lipinski definition) is 6. The monoisotopic (exact) mass is 265 g/mol. The number of rotatable bonds is 3. The van der Waals surface area contributed by atoms with E-state index in [0.29, 0.717) is 25.3 Å². The third kappa shape index (κ3) is 2.49. The molecule has 0 aliphatic carbocycles. The molecule has 0 N–H and O–H groups in total. The molecule has 1 aliphatic rings. The largest absolute Gasteiger partial charge is 0.469 e. The molecule has 2 rings (SSSR count). The molecule has 0 amide bonds. The highest BCUT2D eigenvalue weighted by molar-refractivity contribution is 5.78. The molecule has 7 heteroatoms. The van der Waals surface area contributed by atoms with E-state index in [-0.39, 0.29) is 11.7 Å². The maximum Gasteiger partial charge on any atom is 0.313 e. The van der Waals surface area contributed by atoms with Crippen molar-refractivity contribution in [2.24, 2.45) is 5.41 Å². The van der Waals surface area contributed by atoms with Crippen LogP contribution in [-0.4, -0.2) is 36.1 Å². The van der Waals surface area contributed by atoms with Gasteiger partial charge in [0.25, 0.3) is 5.69 Å². The van der Waals surface area contributed by atoms with Crippen LogP contribution in [0.5, 0.6) is 0 Å². The molecular weight excluding hydrogens is 250 g/mol. The second kappa shape index (κ2) is 4.83. The van der Waals surface area contributed by atoms with E-state index in [1.807, 2.05) is 11.8 Å². The average molecular weight is 265 g/mol. The highest BCUT2D eigenvalue weighted by Crippen LogP contribution is 2.33. The van der Waals surface area contributed by atoms with Gasteiger partial charge in [0.05, 0.1) is 17.4 Å². The average Bonchev–Trinajstić information content (AvgIpc) is 2.82. The van der Waals surface area contributed by atoms with E-state index in [4.69, 9.17) is 4.74 Å². The molecule has 0 saturated carbocycles. The van der Waals surface area contributed by atoms with Gasteiger partial charge in [-0.25, -0.2) is 4.98 Å². The summed E-state index contributed by atoms with van der Waals surface area (Å²) in [5.74, 6) is 0.398. The molecular formula is C12H15N3O4. The summed E-state index contributed by atoms with van der Waals surface area (Å²) in [5, 5.41) is 10.6. The summed E-state index contributed by atoms with van der Waals surface area (Å²) in [6.07, 6.45) is 1.90. The molecule has 0 aromatic carbocycles. The Hall–Kier alpha value is -2.18. The van der Waals surface area contributed by atoms with Crippen molar-refractivity contribution >= 4 is 17.5 Å². The molecule has 0 bridgehead atoms. The minimum atomic E-state index is -0.543. The lowest BCUT2D eigenvalue weighted by molar-refractivity contribution is -0.385. The number of pyridine rings is 1. The number of hydrogen-bond donors (Lipinski definition) is 0. The Balaban J connectivity index is 2.12. The molecule has 19 heavy (non-hydrogen) atoms. The summed E-state index contributed by atoms with van der Waals surface area (Å²) in [7, 11) is 1.38. The van der Waals surface area contributed by atoms with Crippen molar-refractivity contribution in [3.05, 3.63) is 28.4 Å². The third-order valence-corrected chi connectivity index (χ3v) is 3.42. The van der Waals surface area contributed by atoms with Gasteiger partial charge in [-0.15, -0.1) is 0 Å². The number of nitrogens with zero attached hydrogens (tertiary/aromatic N) is 3. The maximum absolute atomic E-state index is 11.7. The Labute approximate surface area is 110 Å². The molecule has 1 unspecified atom stereocenters. The Morgan fingerprint density at radius 2 is 2.32 bits per heavy atom. The zero-order valence-electron chi connectivity index (χ0n) is 10.8. The van der Waals surface area contributed by atoms with Crippen molar-refractivity contribution in [2.75, 3.05) is 25.1 Å². The van der Waals surface area contributed by atoms with E-state index in [0.717, 1.165) is 0 Å². The highest BCUT2D eigenvalue weighted by Gasteiger charge is 2.41. The first-order valence-corrected chi connectivity index (χ1v) is 5.90. The normalized spacial score (nSPS) is 22.3. The fourth-order valence-electron chi connectivity index (χ4n) is 2.24. The number of methoxy groups -OCH3 is 1. The van der Waals surface area contributed by atoms with Gasteiger partial charge in [0, 0.05) is 19.2 Å². The summed E-state index contributed by atoms with van der Waals surface area (Å²) in [5.41, 5.74) is -0.586. The molecule has 1 fully saturated rings. The van der Waals surface area contributed by atoms with E-state index in [2.05, 4.69) is 4.98 Å². The zero-order valence-corrected chi connectivity index (χ0v) is 10.8. The number of esters is 1. The number of nitro groups is 1. The fourth-order valence-corrected chi connectivity index (χ4v) is 2.24. The second-order valence-electron chi connectivity index (χ2n) is 4.86. The number of ether oxygens (including phenoxy) is 1. The summed E-state index contributed by atoms with van der Waals surface area (Å²) in [6.45, 7) is 3.03. The first-order chi connectivity index (χ1) is 8.96. The van der Waals surface area contributed by atoms with Crippen molar-refractivity contribution in [1.29, 1.82) is 0 Å². The van der Waals surface area contributed by atoms with Gasteiger partial charge in [-0.1, -0.05) is 0 Å². The van der Waals surface area contributed by atoms with Crippen molar-refractivity contribution in [3.63, 3.8) is 0 Å². The fraction of sp³-hybridized carbons (Fsp3) is 0.500. The molecule has 1 atom stereocenters. The standard InChI is InChI=1S/C12H15N3O4/c1-12(11(16)19-2)5-6-14(8-12)10-4-3-9(7-13-10)15(17)18/h3-4,7H,5-6,8H2,1-2H3. The van der Waals surface area contributed by atoms with Gasteiger partial charge in [0.1, 0.15) is 12.0 Å². The van der Waals surface area contributed by atoms with Crippen LogP contribution in [0.4, 0.5) is 11.5 Å². The van der Waals surface area contributed by atoms with Crippen molar-refractivity contribution < 1.29 is 14.5 Å². The molecule has 2 heterocycles. The van der Waals surface area contributed by atoms with E-state index >= 15 is 0 Å². The van der Waals surface area contributed by atoms with Gasteiger partial charge >= 0.3 is 5.97 Å². The van der Waals surface area contributed by atoms with Crippen LogP contribution in [0.1, 0.15) is 13.3 Å². The lowest BCUT2D eigenvalue weighted by Crippen LogP contribution is -2.33. The topological polar surface area (TPSA) is 85.6 Å². The molecule has 102 valence electrons. The quantitative estimate of drug-likeness (QED) is 0.466. The van der Waals surface area contributed by atoms with Crippen LogP contribution < -0.4 is 4.90 Å². The maximum atomic E-state index is 11.7. The van der Waals surface area contributed by atoms with Gasteiger partial charge in [-0.05, 0) is 19.4 Å². The lowest BCUT2D eigenvalue weighted by atomic mass is 9.90. The Morgan fingerprint density at radius 3 is 2.84 bits per heavy atom. The molecule has 1 saturated heterocycles. The smallest absolute Gasteiger partial charge is 0.313 e. The van der Waals surface area contributed by atoms with Crippen molar-refractivity contribution in [2.45, 2.75) is 13.3 Å². The highest BCUT2D eigenvalue weighted by atomic mass is 16.6. The summed E-state index contributed by atoms with van der Waals surface area (Å²) < 4.78 is 4.80. The second-order valence-corrected chi connectivity index (χ2v) is 4.86. The lowest BCUT2D eigenvalue weighted by Gasteiger charge is -2.22. The van der Waals surface area contributed by atoms with Crippen LogP contribution in [0, 0.1) is 15.5 Å². The zero-order chi connectivity index (χ0) is 14.0. The molecule has 1 aromatic heterocycles. The molecule has 0 spiro atoms. The molecule has 7 nitrogen and oxygen atoms in total. The van der Waals surface area contributed by atoms with Crippen LogP contribution in [0.15, 0.2) is 18.3 Å². The van der Waals surface area contributed by atoms with Crippen molar-refractivity contribution in [3.8, 4) is 0 Å². The number of carbonyl (C=O) groups is 1. The Kier molecular flexibility index (Phi) is 3.37. The van der Waals surface area contributed by atoms with Gasteiger partial charge < -0.3 is 9.64 Å². The van der Waals surface area contributed by atoms with Crippen LogP contribution >= 0.6 is 0 Å². The summed E-state index contributed by atoms with van der Waals surface area (Å²) >= 11 is 0. The summed E-state index contributed by atoms with van der Waals surface area (Å²) in [4.78, 5) is 27.8. The van der Waals surface area contributed by atoms with E-state index < -0.39 is 10.3 Å². The minimum absolute atomic E-state index is 0.0429. The molecule has 1 aliphatic heterocycles. The number of carbonyl (C=O) groups excluding carboxylic acids is 1. The SMILES string of the molecule is COC(=O)C1(C)CCN(c2ccc([N+](=O)[O-])cn2)C1. The van der Waals surface area contributed by atoms with Gasteiger partial charge in [-0.2, -0.15) is 0 Å². The van der Waals surface area contributed by atoms with Gasteiger partial charge in [0.15, 0.2) is 0 Å². The van der Waals surface area contributed by atoms with Crippen LogP contribution in [0.3, 0.4) is 0 Å². The minimum Gasteiger partial charge on any atom is -0.469 e. The van der Waals surface area contributed by atoms with Crippen LogP contribution in [0.25, 0.3) is 0 Å². The van der Waals surface area contributed by atoms with Gasteiger partial charge in [-0.3, -0.25) is 14.9 Å².